The van der Waals surface area contributed by atoms with E-state index in [0.29, 0.717) is 0 Å². The van der Waals surface area contributed by atoms with Crippen LogP contribution in [0.5, 0.6) is 5.75 Å². The van der Waals surface area contributed by atoms with Gasteiger partial charge < -0.3 is 9.64 Å². The molecular weight excluding hydrogens is 282 g/mol. The number of rotatable bonds is 2. The number of fused-ring (bicyclic) bond motifs is 1. The number of carbonyl (C=O) groups is 1. The van der Waals surface area contributed by atoms with E-state index in [1.165, 1.54) is 5.56 Å². The van der Waals surface area contributed by atoms with E-state index in [-0.39, 0.29) is 10.7 Å². The summed E-state index contributed by atoms with van der Waals surface area (Å²) >= 11 is 3.34. The van der Waals surface area contributed by atoms with Crippen molar-refractivity contribution in [3.63, 3.8) is 0 Å². The minimum Gasteiger partial charge on any atom is -0.497 e. The number of aryl methyl sites for hydroxylation is 1. The lowest BCUT2D eigenvalue weighted by Gasteiger charge is -2.30. The van der Waals surface area contributed by atoms with Crippen LogP contribution < -0.4 is 9.64 Å². The van der Waals surface area contributed by atoms with E-state index < -0.39 is 0 Å². The molecule has 3 nitrogen and oxygen atoms in total. The first-order chi connectivity index (χ1) is 8.13. The first kappa shape index (κ1) is 12.4. The minimum absolute atomic E-state index is 0.121. The van der Waals surface area contributed by atoms with Crippen LogP contribution in [-0.2, 0) is 11.2 Å². The number of carbonyl (C=O) groups excluding carboxylic acids is 1. The zero-order chi connectivity index (χ0) is 12.4. The molecule has 0 fully saturated rings. The molecule has 17 heavy (non-hydrogen) atoms. The van der Waals surface area contributed by atoms with Gasteiger partial charge in [-0.25, -0.2) is 0 Å². The fourth-order valence-electron chi connectivity index (χ4n) is 2.14. The number of nitrogens with zero attached hydrogens (tertiary/aromatic N) is 1. The van der Waals surface area contributed by atoms with Crippen molar-refractivity contribution in [3.05, 3.63) is 23.8 Å². The van der Waals surface area contributed by atoms with Crippen LogP contribution in [0.4, 0.5) is 5.69 Å². The summed E-state index contributed by atoms with van der Waals surface area (Å²) in [5.74, 6) is 0.973. The summed E-state index contributed by atoms with van der Waals surface area (Å²) in [6.07, 6.45) is 2.01. The van der Waals surface area contributed by atoms with Crippen LogP contribution in [0.2, 0.25) is 0 Å². The third-order valence-corrected chi connectivity index (χ3v) is 3.40. The van der Waals surface area contributed by atoms with Crippen LogP contribution in [0.3, 0.4) is 0 Å². The lowest BCUT2D eigenvalue weighted by molar-refractivity contribution is -0.117. The molecule has 0 N–H and O–H groups in total. The van der Waals surface area contributed by atoms with E-state index in [1.807, 2.05) is 30.0 Å². The second kappa shape index (κ2) is 5.08. The van der Waals surface area contributed by atoms with Crippen molar-refractivity contribution in [3.8, 4) is 5.75 Å². The summed E-state index contributed by atoms with van der Waals surface area (Å²) in [5.41, 5.74) is 2.21. The van der Waals surface area contributed by atoms with Crippen molar-refractivity contribution < 1.29 is 9.53 Å². The maximum Gasteiger partial charge on any atom is 0.240 e. The number of alkyl halides is 1. The topological polar surface area (TPSA) is 29.5 Å². The predicted octanol–water partition coefficient (Wildman–Crippen LogP) is 2.76. The lowest BCUT2D eigenvalue weighted by Crippen LogP contribution is -2.39. The van der Waals surface area contributed by atoms with E-state index >= 15 is 0 Å². The highest BCUT2D eigenvalue weighted by atomic mass is 79.9. The van der Waals surface area contributed by atoms with Gasteiger partial charge in [-0.15, -0.1) is 0 Å². The summed E-state index contributed by atoms with van der Waals surface area (Å²) in [4.78, 5) is 13.8. The van der Waals surface area contributed by atoms with Gasteiger partial charge >= 0.3 is 0 Å². The van der Waals surface area contributed by atoms with Crippen molar-refractivity contribution in [2.24, 2.45) is 0 Å². The third-order valence-electron chi connectivity index (χ3n) is 3.01. The van der Waals surface area contributed by atoms with Crippen LogP contribution in [0.1, 0.15) is 18.9 Å². The van der Waals surface area contributed by atoms with Gasteiger partial charge in [-0.2, -0.15) is 0 Å². The standard InChI is InChI=1S/C13H16BrNO2/c1-9(14)13(16)15-7-3-4-10-8-11(17-2)5-6-12(10)15/h5-6,8-9H,3-4,7H2,1-2H3. The summed E-state index contributed by atoms with van der Waals surface area (Å²) in [6, 6.07) is 5.90. The number of halogens is 1. The molecule has 1 amide bonds. The molecule has 0 saturated heterocycles. The molecule has 1 aliphatic heterocycles. The molecule has 0 radical (unpaired) electrons. The zero-order valence-corrected chi connectivity index (χ0v) is 11.7. The van der Waals surface area contributed by atoms with E-state index in [4.69, 9.17) is 4.74 Å². The number of hydrogen-bond donors (Lipinski definition) is 0. The summed E-state index contributed by atoms with van der Waals surface area (Å²) < 4.78 is 5.21. The number of ether oxygens (including phenoxy) is 1. The van der Waals surface area contributed by atoms with Crippen LogP contribution in [0.25, 0.3) is 0 Å². The van der Waals surface area contributed by atoms with Crippen molar-refractivity contribution in [2.75, 3.05) is 18.6 Å². The Morgan fingerprint density at radius 2 is 2.29 bits per heavy atom. The number of anilines is 1. The molecule has 4 heteroatoms. The summed E-state index contributed by atoms with van der Waals surface area (Å²) in [7, 11) is 1.66. The molecule has 0 saturated carbocycles. The van der Waals surface area contributed by atoms with E-state index in [0.717, 1.165) is 30.8 Å². The van der Waals surface area contributed by atoms with Gasteiger partial charge in [0.05, 0.1) is 11.9 Å². The highest BCUT2D eigenvalue weighted by Crippen LogP contribution is 2.31. The Kier molecular flexibility index (Phi) is 3.72. The zero-order valence-electron chi connectivity index (χ0n) is 10.1. The van der Waals surface area contributed by atoms with Crippen molar-refractivity contribution >= 4 is 27.5 Å². The van der Waals surface area contributed by atoms with E-state index in [9.17, 15) is 4.79 Å². The van der Waals surface area contributed by atoms with Gasteiger partial charge in [0.2, 0.25) is 5.91 Å². The maximum atomic E-state index is 12.1. The number of methoxy groups -OCH3 is 1. The first-order valence-electron chi connectivity index (χ1n) is 5.76. The molecule has 0 aliphatic carbocycles. The molecule has 1 atom stereocenters. The molecule has 1 unspecified atom stereocenters. The second-order valence-electron chi connectivity index (χ2n) is 4.20. The molecule has 1 aromatic carbocycles. The molecule has 1 heterocycles. The second-order valence-corrected chi connectivity index (χ2v) is 5.58. The fraction of sp³-hybridized carbons (Fsp3) is 0.462. The summed E-state index contributed by atoms with van der Waals surface area (Å²) in [5, 5.41) is 0. The van der Waals surface area contributed by atoms with Crippen LogP contribution in [-0.4, -0.2) is 24.4 Å². The average Bonchev–Trinajstić information content (AvgIpc) is 2.36. The first-order valence-corrected chi connectivity index (χ1v) is 6.67. The van der Waals surface area contributed by atoms with Gasteiger partial charge in [0.25, 0.3) is 0 Å². The lowest BCUT2D eigenvalue weighted by atomic mass is 10.0. The van der Waals surface area contributed by atoms with Crippen LogP contribution in [0, 0.1) is 0 Å². The van der Waals surface area contributed by atoms with Gasteiger partial charge in [-0.3, -0.25) is 4.79 Å². The highest BCUT2D eigenvalue weighted by Gasteiger charge is 2.25. The average molecular weight is 298 g/mol. The van der Waals surface area contributed by atoms with Gasteiger partial charge in [-0.05, 0) is 43.5 Å². The van der Waals surface area contributed by atoms with Gasteiger partial charge in [0.15, 0.2) is 0 Å². The smallest absolute Gasteiger partial charge is 0.240 e. The monoisotopic (exact) mass is 297 g/mol. The van der Waals surface area contributed by atoms with Crippen LogP contribution in [0.15, 0.2) is 18.2 Å². The molecule has 0 bridgehead atoms. The predicted molar refractivity (Wildman–Crippen MR) is 72.1 cm³/mol. The fourth-order valence-corrected chi connectivity index (χ4v) is 2.39. The molecule has 1 aromatic rings. The highest BCUT2D eigenvalue weighted by molar-refractivity contribution is 9.10. The SMILES string of the molecule is COc1ccc2c(c1)CCCN2C(=O)C(C)Br. The van der Waals surface area contributed by atoms with Crippen molar-refractivity contribution in [1.29, 1.82) is 0 Å². The number of amides is 1. The van der Waals surface area contributed by atoms with Gasteiger partial charge in [0, 0.05) is 12.2 Å². The Morgan fingerprint density at radius 3 is 2.94 bits per heavy atom. The number of benzene rings is 1. The largest absolute Gasteiger partial charge is 0.497 e. The van der Waals surface area contributed by atoms with E-state index in [1.54, 1.807) is 7.11 Å². The van der Waals surface area contributed by atoms with Crippen LogP contribution >= 0.6 is 15.9 Å². The van der Waals surface area contributed by atoms with Crippen molar-refractivity contribution in [2.45, 2.75) is 24.6 Å². The molecule has 2 rings (SSSR count). The summed E-state index contributed by atoms with van der Waals surface area (Å²) in [6.45, 7) is 2.66. The van der Waals surface area contributed by atoms with E-state index in [2.05, 4.69) is 15.9 Å². The minimum atomic E-state index is -0.143. The Bertz CT molecular complexity index is 431. The maximum absolute atomic E-state index is 12.1. The third kappa shape index (κ3) is 2.46. The Morgan fingerprint density at radius 1 is 1.53 bits per heavy atom. The molecule has 92 valence electrons. The molecule has 1 aliphatic rings. The Balaban J connectivity index is 2.35. The number of hydrogen-bond acceptors (Lipinski definition) is 2. The normalized spacial score (nSPS) is 16.3. The molecular formula is C13H16BrNO2. The Labute approximate surface area is 110 Å². The van der Waals surface area contributed by atoms with Gasteiger partial charge in [-0.1, -0.05) is 15.9 Å². The quantitative estimate of drug-likeness (QED) is 0.786. The molecule has 0 spiro atoms. The van der Waals surface area contributed by atoms with Crippen molar-refractivity contribution in [1.82, 2.24) is 0 Å². The van der Waals surface area contributed by atoms with Gasteiger partial charge in [0.1, 0.15) is 5.75 Å². The Hall–Kier alpha value is -1.03. The molecule has 0 aromatic heterocycles.